The number of hydrogen-bond donors (Lipinski definition) is 2. The second-order valence-electron chi connectivity index (χ2n) is 9.31. The van der Waals surface area contributed by atoms with E-state index >= 15 is 0 Å². The zero-order valence-corrected chi connectivity index (χ0v) is 21.0. The van der Waals surface area contributed by atoms with Crippen LogP contribution in [-0.2, 0) is 11.3 Å². The summed E-state index contributed by atoms with van der Waals surface area (Å²) < 4.78 is 5.94. The highest BCUT2D eigenvalue weighted by molar-refractivity contribution is 14.0. The molecule has 1 saturated carbocycles. The Balaban J connectivity index is 0.00000256. The Morgan fingerprint density at radius 1 is 1.27 bits per heavy atom. The molecule has 1 aromatic heterocycles. The van der Waals surface area contributed by atoms with Gasteiger partial charge in [0, 0.05) is 49.8 Å². The highest BCUT2D eigenvalue weighted by Gasteiger charge is 2.59. The third-order valence-electron chi connectivity index (χ3n) is 6.90. The van der Waals surface area contributed by atoms with Crippen LogP contribution in [0.1, 0.15) is 58.4 Å². The van der Waals surface area contributed by atoms with Gasteiger partial charge < -0.3 is 20.3 Å². The molecule has 2 aliphatic heterocycles. The molecule has 7 heteroatoms. The maximum atomic E-state index is 5.94. The maximum Gasteiger partial charge on any atom is 0.191 e. The first kappa shape index (κ1) is 23.6. The quantitative estimate of drug-likeness (QED) is 0.345. The number of nitrogens with one attached hydrogen (secondary N) is 2. The summed E-state index contributed by atoms with van der Waals surface area (Å²) in [5.41, 5.74) is 1.36. The number of ether oxygens (including phenoxy) is 1. The molecule has 3 aliphatic rings. The van der Waals surface area contributed by atoms with E-state index in [0.29, 0.717) is 24.6 Å². The Kier molecular flexibility index (Phi) is 8.24. The molecule has 1 aromatic rings. The average molecular weight is 527 g/mol. The number of fused-ring (bicyclic) bond motifs is 1. The van der Waals surface area contributed by atoms with Crippen LogP contribution in [0.4, 0.5) is 5.82 Å². The van der Waals surface area contributed by atoms with Crippen molar-refractivity contribution in [1.29, 1.82) is 0 Å². The van der Waals surface area contributed by atoms with Crippen LogP contribution in [0.25, 0.3) is 0 Å². The molecule has 168 valence electrons. The van der Waals surface area contributed by atoms with Gasteiger partial charge in [-0.25, -0.2) is 9.98 Å². The summed E-state index contributed by atoms with van der Waals surface area (Å²) in [6.07, 6.45) is 8.67. The van der Waals surface area contributed by atoms with E-state index in [0.717, 1.165) is 44.4 Å². The topological polar surface area (TPSA) is 61.8 Å². The molecule has 3 unspecified atom stereocenters. The van der Waals surface area contributed by atoms with Gasteiger partial charge in [-0.1, -0.05) is 26.7 Å². The predicted molar refractivity (Wildman–Crippen MR) is 134 cm³/mol. The number of guanidine groups is 1. The fraction of sp³-hybridized carbons (Fsp3) is 0.739. The van der Waals surface area contributed by atoms with E-state index in [1.165, 1.54) is 31.2 Å². The molecule has 3 heterocycles. The van der Waals surface area contributed by atoms with Crippen molar-refractivity contribution < 1.29 is 4.74 Å². The lowest BCUT2D eigenvalue weighted by Crippen LogP contribution is -2.67. The molecule has 0 amide bonds. The lowest BCUT2D eigenvalue weighted by molar-refractivity contribution is -0.106. The van der Waals surface area contributed by atoms with Crippen LogP contribution in [0.5, 0.6) is 0 Å². The third-order valence-corrected chi connectivity index (χ3v) is 6.90. The van der Waals surface area contributed by atoms with Gasteiger partial charge in [-0.2, -0.15) is 0 Å². The van der Waals surface area contributed by atoms with Gasteiger partial charge in [0.15, 0.2) is 5.96 Å². The van der Waals surface area contributed by atoms with Crippen molar-refractivity contribution in [2.24, 2.45) is 16.3 Å². The minimum absolute atomic E-state index is 0. The third kappa shape index (κ3) is 5.03. The first-order chi connectivity index (χ1) is 14.1. The fourth-order valence-corrected chi connectivity index (χ4v) is 5.29. The van der Waals surface area contributed by atoms with Crippen molar-refractivity contribution in [1.82, 2.24) is 15.6 Å². The minimum Gasteiger partial charge on any atom is -0.377 e. The van der Waals surface area contributed by atoms with Crippen LogP contribution in [0, 0.1) is 11.3 Å². The smallest absolute Gasteiger partial charge is 0.191 e. The summed E-state index contributed by atoms with van der Waals surface area (Å²) in [4.78, 5) is 12.0. The fourth-order valence-electron chi connectivity index (χ4n) is 5.29. The van der Waals surface area contributed by atoms with Crippen molar-refractivity contribution in [2.75, 3.05) is 31.1 Å². The number of anilines is 1. The molecule has 0 radical (unpaired) electrons. The molecular weight excluding hydrogens is 489 g/mol. The zero-order valence-electron chi connectivity index (χ0n) is 18.7. The molecule has 4 rings (SSSR count). The van der Waals surface area contributed by atoms with Crippen LogP contribution in [0.2, 0.25) is 0 Å². The van der Waals surface area contributed by atoms with E-state index in [-0.39, 0.29) is 29.4 Å². The van der Waals surface area contributed by atoms with Crippen LogP contribution < -0.4 is 15.5 Å². The van der Waals surface area contributed by atoms with Gasteiger partial charge in [0.1, 0.15) is 5.82 Å². The maximum absolute atomic E-state index is 5.94. The Bertz CT molecular complexity index is 717. The lowest BCUT2D eigenvalue weighted by Gasteiger charge is -2.54. The van der Waals surface area contributed by atoms with Gasteiger partial charge in [-0.15, -0.1) is 24.0 Å². The Labute approximate surface area is 198 Å². The molecule has 0 spiro atoms. The molecule has 3 atom stereocenters. The number of nitrogens with zero attached hydrogens (tertiary/aromatic N) is 3. The zero-order chi connectivity index (χ0) is 20.3. The van der Waals surface area contributed by atoms with Gasteiger partial charge in [0.2, 0.25) is 0 Å². The molecule has 6 nitrogen and oxygen atoms in total. The van der Waals surface area contributed by atoms with Crippen LogP contribution in [0.15, 0.2) is 23.3 Å². The number of aliphatic imine (C=N–C) groups is 1. The second kappa shape index (κ2) is 10.5. The van der Waals surface area contributed by atoms with E-state index in [1.807, 2.05) is 6.20 Å². The Hall–Kier alpha value is -1.09. The lowest BCUT2D eigenvalue weighted by atomic mass is 9.57. The van der Waals surface area contributed by atoms with Gasteiger partial charge in [-0.05, 0) is 43.9 Å². The van der Waals surface area contributed by atoms with E-state index in [9.17, 15) is 0 Å². The summed E-state index contributed by atoms with van der Waals surface area (Å²) in [5.74, 6) is 2.61. The van der Waals surface area contributed by atoms with Gasteiger partial charge >= 0.3 is 0 Å². The summed E-state index contributed by atoms with van der Waals surface area (Å²) in [5, 5.41) is 7.13. The van der Waals surface area contributed by atoms with Crippen LogP contribution in [0.3, 0.4) is 0 Å². The largest absolute Gasteiger partial charge is 0.377 e. The highest BCUT2D eigenvalue weighted by atomic mass is 127. The molecule has 3 fully saturated rings. The van der Waals surface area contributed by atoms with E-state index in [1.54, 1.807) is 0 Å². The molecule has 30 heavy (non-hydrogen) atoms. The molecular formula is C23H38IN5O. The van der Waals surface area contributed by atoms with Gasteiger partial charge in [0.25, 0.3) is 0 Å². The van der Waals surface area contributed by atoms with E-state index in [2.05, 4.69) is 53.4 Å². The number of halogens is 1. The van der Waals surface area contributed by atoms with Crippen molar-refractivity contribution >= 4 is 35.8 Å². The van der Waals surface area contributed by atoms with Crippen molar-refractivity contribution in [3.63, 3.8) is 0 Å². The van der Waals surface area contributed by atoms with Crippen LogP contribution >= 0.6 is 24.0 Å². The summed E-state index contributed by atoms with van der Waals surface area (Å²) in [6, 6.07) is 4.72. The first-order valence-electron chi connectivity index (χ1n) is 11.5. The average Bonchev–Trinajstić information content (AvgIpc) is 3.01. The summed E-state index contributed by atoms with van der Waals surface area (Å²) in [7, 11) is 0. The van der Waals surface area contributed by atoms with Crippen molar-refractivity contribution in [3.8, 4) is 0 Å². The van der Waals surface area contributed by atoms with Crippen molar-refractivity contribution in [3.05, 3.63) is 23.9 Å². The monoisotopic (exact) mass is 527 g/mol. The van der Waals surface area contributed by atoms with Gasteiger partial charge in [0.05, 0.1) is 12.6 Å². The molecule has 1 aliphatic carbocycles. The highest BCUT2D eigenvalue weighted by Crippen LogP contribution is 2.52. The van der Waals surface area contributed by atoms with Gasteiger partial charge in [-0.3, -0.25) is 0 Å². The van der Waals surface area contributed by atoms with E-state index < -0.39 is 0 Å². The Morgan fingerprint density at radius 3 is 2.77 bits per heavy atom. The molecule has 0 bridgehead atoms. The predicted octanol–water partition coefficient (Wildman–Crippen LogP) is 3.95. The number of hydrogen-bond acceptors (Lipinski definition) is 4. The molecule has 0 aromatic carbocycles. The number of aromatic nitrogens is 1. The second-order valence-corrected chi connectivity index (χ2v) is 9.31. The van der Waals surface area contributed by atoms with Crippen molar-refractivity contribution in [2.45, 2.75) is 71.6 Å². The first-order valence-corrected chi connectivity index (χ1v) is 11.5. The number of pyridine rings is 1. The Morgan fingerprint density at radius 2 is 2.03 bits per heavy atom. The normalized spacial score (nSPS) is 28.0. The minimum atomic E-state index is 0. The number of rotatable bonds is 5. The van der Waals surface area contributed by atoms with Crippen LogP contribution in [-0.4, -0.2) is 49.3 Å². The summed E-state index contributed by atoms with van der Waals surface area (Å²) in [6.45, 7) is 11.4. The summed E-state index contributed by atoms with van der Waals surface area (Å²) >= 11 is 0. The van der Waals surface area contributed by atoms with E-state index in [4.69, 9.17) is 9.73 Å². The SMILES string of the molecule is CCNC(=NCc1ccnc(N2CCCCCC2)c1)NC1C2CCOC2C1(C)C.I. The molecule has 2 saturated heterocycles. The molecule has 2 N–H and O–H groups in total. The standard InChI is InChI=1S/C23H37N5O.HI/c1-4-24-22(27-20-18-10-14-29-21(18)23(20,2)3)26-16-17-9-11-25-19(15-17)28-12-7-5-6-8-13-28;/h9,11,15,18,20-21H,4-8,10,12-14,16H2,1-3H3,(H2,24,26,27);1H.